The summed E-state index contributed by atoms with van der Waals surface area (Å²) in [6.45, 7) is 8.21. The molecule has 0 unspecified atom stereocenters. The van der Waals surface area contributed by atoms with E-state index in [1.54, 1.807) is 0 Å². The van der Waals surface area contributed by atoms with Crippen molar-refractivity contribution in [3.05, 3.63) is 12.7 Å². The lowest BCUT2D eigenvalue weighted by Crippen LogP contribution is -1.91. The minimum absolute atomic E-state index is 0.0518. The maximum atomic E-state index is 3.63. The molecule has 0 spiro atoms. The lowest BCUT2D eigenvalue weighted by atomic mass is 10.8. The van der Waals surface area contributed by atoms with E-state index in [4.69, 9.17) is 0 Å². The molecule has 0 aliphatic heterocycles. The molecule has 0 aliphatic rings. The van der Waals surface area contributed by atoms with Gasteiger partial charge in [0.05, 0.1) is 0 Å². The quantitative estimate of drug-likeness (QED) is 0.418. The van der Waals surface area contributed by atoms with Crippen LogP contribution >= 0.6 is 11.2 Å². The van der Waals surface area contributed by atoms with E-state index >= 15 is 0 Å². The van der Waals surface area contributed by atoms with E-state index in [1.807, 2.05) is 17.3 Å². The average molecular weight is 131 g/mol. The zero-order valence-corrected chi connectivity index (χ0v) is 6.72. The van der Waals surface area contributed by atoms with Crippen LogP contribution in [0.1, 0.15) is 0 Å². The first-order valence-electron chi connectivity index (χ1n) is 2.31. The second-order valence-corrected chi connectivity index (χ2v) is 7.26. The Hall–Kier alpha value is 0.307. The highest BCUT2D eigenvalue weighted by Gasteiger charge is 1.90. The van der Waals surface area contributed by atoms with Gasteiger partial charge in [-0.2, -0.15) is 11.2 Å². The number of hydrogen-bond acceptors (Lipinski definition) is 1. The third kappa shape index (κ3) is 6.31. The standard InChI is InChI=1S/C5H11SSi/c1-4-5-6-7(2)3/h4H,1,5H2,2-3H3. The van der Waals surface area contributed by atoms with Crippen molar-refractivity contribution in [3.8, 4) is 0 Å². The molecule has 0 aliphatic carbocycles. The molecule has 1 radical (unpaired) electrons. The molecule has 0 aromatic heterocycles. The van der Waals surface area contributed by atoms with E-state index in [-0.39, 0.29) is 7.95 Å². The largest absolute Gasteiger partial charge is 0.184 e. The molecular weight excluding hydrogens is 120 g/mol. The Balaban J connectivity index is 2.81. The van der Waals surface area contributed by atoms with Crippen molar-refractivity contribution >= 4 is 19.2 Å². The number of hydrogen-bond donors (Lipinski definition) is 0. The topological polar surface area (TPSA) is 0 Å². The van der Waals surface area contributed by atoms with Crippen LogP contribution in [0.2, 0.25) is 13.1 Å². The van der Waals surface area contributed by atoms with Gasteiger partial charge in [-0.25, -0.2) is 0 Å². The van der Waals surface area contributed by atoms with Gasteiger partial charge in [0.2, 0.25) is 0 Å². The Bertz CT molecular complexity index is 52.0. The van der Waals surface area contributed by atoms with Gasteiger partial charge in [-0.1, -0.05) is 19.2 Å². The van der Waals surface area contributed by atoms with Gasteiger partial charge >= 0.3 is 0 Å². The summed E-state index contributed by atoms with van der Waals surface area (Å²) >= 11 is 2.02. The summed E-state index contributed by atoms with van der Waals surface area (Å²) in [6.07, 6.45) is 1.96. The molecule has 0 aromatic carbocycles. The van der Waals surface area contributed by atoms with Crippen molar-refractivity contribution < 1.29 is 0 Å². The van der Waals surface area contributed by atoms with E-state index in [1.165, 1.54) is 0 Å². The van der Waals surface area contributed by atoms with E-state index < -0.39 is 0 Å². The monoisotopic (exact) mass is 131 g/mol. The van der Waals surface area contributed by atoms with Crippen LogP contribution in [-0.2, 0) is 0 Å². The first-order valence-corrected chi connectivity index (χ1v) is 6.52. The van der Waals surface area contributed by atoms with E-state index in [0.29, 0.717) is 0 Å². The fourth-order valence-corrected chi connectivity index (χ4v) is 2.03. The first-order chi connectivity index (χ1) is 3.27. The Kier molecular flexibility index (Phi) is 4.66. The molecule has 2 heteroatoms. The highest BCUT2D eigenvalue weighted by atomic mass is 32.4. The van der Waals surface area contributed by atoms with Crippen molar-refractivity contribution in [1.82, 2.24) is 0 Å². The molecule has 0 nitrogen and oxygen atoms in total. The molecule has 0 atom stereocenters. The molecule has 41 valence electrons. The van der Waals surface area contributed by atoms with E-state index in [0.717, 1.165) is 5.75 Å². The van der Waals surface area contributed by atoms with E-state index in [2.05, 4.69) is 19.7 Å². The minimum Gasteiger partial charge on any atom is -0.184 e. The zero-order valence-electron chi connectivity index (χ0n) is 4.90. The molecule has 0 fully saturated rings. The predicted molar refractivity (Wildman–Crippen MR) is 40.1 cm³/mol. The number of rotatable bonds is 3. The highest BCUT2D eigenvalue weighted by Crippen LogP contribution is 2.03. The van der Waals surface area contributed by atoms with Gasteiger partial charge in [0.1, 0.15) is 7.95 Å². The molecular formula is C5H11SSi. The van der Waals surface area contributed by atoms with E-state index in [9.17, 15) is 0 Å². The van der Waals surface area contributed by atoms with Crippen molar-refractivity contribution in [3.63, 3.8) is 0 Å². The van der Waals surface area contributed by atoms with Crippen LogP contribution in [0.5, 0.6) is 0 Å². The fraction of sp³-hybridized carbons (Fsp3) is 0.600. The van der Waals surface area contributed by atoms with Gasteiger partial charge in [0, 0.05) is 5.75 Å². The highest BCUT2D eigenvalue weighted by molar-refractivity contribution is 8.25. The molecule has 0 aromatic rings. The summed E-state index contributed by atoms with van der Waals surface area (Å²) in [6, 6.07) is 0. The van der Waals surface area contributed by atoms with Gasteiger partial charge in [0.25, 0.3) is 0 Å². The third-order valence-electron chi connectivity index (χ3n) is 0.490. The SMILES string of the molecule is C=CCS[Si](C)C. The summed E-state index contributed by atoms with van der Waals surface area (Å²) in [7, 11) is -0.0518. The smallest absolute Gasteiger partial charge is 0.115 e. The van der Waals surface area contributed by atoms with Crippen LogP contribution in [0.4, 0.5) is 0 Å². The molecule has 7 heavy (non-hydrogen) atoms. The van der Waals surface area contributed by atoms with Crippen LogP contribution in [0.15, 0.2) is 12.7 Å². The summed E-state index contributed by atoms with van der Waals surface area (Å²) in [5, 5.41) is 0. The normalized spacial score (nSPS) is 9.57. The second-order valence-electron chi connectivity index (χ2n) is 1.51. The lowest BCUT2D eigenvalue weighted by molar-refractivity contribution is 1.83. The second kappa shape index (κ2) is 4.47. The Morgan fingerprint density at radius 3 is 2.43 bits per heavy atom. The molecule has 0 heterocycles. The van der Waals surface area contributed by atoms with Crippen LogP contribution in [0.3, 0.4) is 0 Å². The van der Waals surface area contributed by atoms with Gasteiger partial charge in [0.15, 0.2) is 0 Å². The molecule has 0 bridgehead atoms. The first kappa shape index (κ1) is 7.31. The average Bonchev–Trinajstić information content (AvgIpc) is 1.61. The van der Waals surface area contributed by atoms with Crippen LogP contribution in [-0.4, -0.2) is 13.7 Å². The Labute approximate surface area is 51.3 Å². The Morgan fingerprint density at radius 2 is 2.29 bits per heavy atom. The predicted octanol–water partition coefficient (Wildman–Crippen LogP) is 2.16. The summed E-state index contributed by atoms with van der Waals surface area (Å²) < 4.78 is 0. The maximum absolute atomic E-state index is 3.63. The molecule has 0 N–H and O–H groups in total. The summed E-state index contributed by atoms with van der Waals surface area (Å²) in [4.78, 5) is 0. The summed E-state index contributed by atoms with van der Waals surface area (Å²) in [5.74, 6) is 1.13. The van der Waals surface area contributed by atoms with Crippen molar-refractivity contribution in [2.45, 2.75) is 13.1 Å². The van der Waals surface area contributed by atoms with Crippen molar-refractivity contribution in [2.75, 3.05) is 5.75 Å². The zero-order chi connectivity index (χ0) is 5.70. The fourth-order valence-electron chi connectivity index (χ4n) is 0.226. The molecule has 0 saturated carbocycles. The van der Waals surface area contributed by atoms with Crippen LogP contribution < -0.4 is 0 Å². The van der Waals surface area contributed by atoms with Gasteiger partial charge in [-0.3, -0.25) is 0 Å². The van der Waals surface area contributed by atoms with Gasteiger partial charge < -0.3 is 0 Å². The van der Waals surface area contributed by atoms with Gasteiger partial charge in [-0.05, 0) is 0 Å². The lowest BCUT2D eigenvalue weighted by Gasteiger charge is -1.94. The van der Waals surface area contributed by atoms with Gasteiger partial charge in [-0.15, -0.1) is 6.58 Å². The summed E-state index contributed by atoms with van der Waals surface area (Å²) in [5.41, 5.74) is 0. The van der Waals surface area contributed by atoms with Crippen molar-refractivity contribution in [2.24, 2.45) is 0 Å². The maximum Gasteiger partial charge on any atom is 0.115 e. The van der Waals surface area contributed by atoms with Crippen LogP contribution in [0, 0.1) is 0 Å². The third-order valence-corrected chi connectivity index (χ3v) is 3.70. The molecule has 0 rings (SSSR count). The minimum atomic E-state index is -0.0518. The van der Waals surface area contributed by atoms with Crippen LogP contribution in [0.25, 0.3) is 0 Å². The van der Waals surface area contributed by atoms with Crippen molar-refractivity contribution in [1.29, 1.82) is 0 Å². The Morgan fingerprint density at radius 1 is 1.71 bits per heavy atom. The molecule has 0 amide bonds. The molecule has 0 saturated heterocycles.